The zero-order valence-electron chi connectivity index (χ0n) is 11.1. The van der Waals surface area contributed by atoms with E-state index in [2.05, 4.69) is 0 Å². The first-order valence-corrected chi connectivity index (χ1v) is 7.42. The Kier molecular flexibility index (Phi) is 4.41. The number of carboxylic acids is 1. The first-order valence-electron chi connectivity index (χ1n) is 7.42. The van der Waals surface area contributed by atoms with E-state index >= 15 is 0 Å². The van der Waals surface area contributed by atoms with Gasteiger partial charge in [-0.15, -0.1) is 0 Å². The van der Waals surface area contributed by atoms with Gasteiger partial charge in [0.05, 0.1) is 0 Å². The minimum Gasteiger partial charge on any atom is -0.480 e. The van der Waals surface area contributed by atoms with Gasteiger partial charge in [-0.2, -0.15) is 0 Å². The molecule has 0 aliphatic heterocycles. The fourth-order valence-corrected chi connectivity index (χ4v) is 3.61. The van der Waals surface area contributed by atoms with Crippen LogP contribution in [0, 0.1) is 11.3 Å². The maximum absolute atomic E-state index is 12.0. The Balaban J connectivity index is 1.97. The molecule has 0 spiro atoms. The number of Topliss-reactive ketones (excluding diaryl/α,β-unsaturated/α-hetero) is 1. The summed E-state index contributed by atoms with van der Waals surface area (Å²) < 4.78 is 0. The van der Waals surface area contributed by atoms with Crippen molar-refractivity contribution in [2.45, 2.75) is 70.6 Å². The highest BCUT2D eigenvalue weighted by molar-refractivity contribution is 6.03. The zero-order chi connectivity index (χ0) is 13.0. The largest absolute Gasteiger partial charge is 0.480 e. The van der Waals surface area contributed by atoms with Crippen molar-refractivity contribution in [3.05, 3.63) is 0 Å². The van der Waals surface area contributed by atoms with Gasteiger partial charge in [-0.3, -0.25) is 9.59 Å². The minimum absolute atomic E-state index is 0.0166. The van der Waals surface area contributed by atoms with Gasteiger partial charge in [0.25, 0.3) is 0 Å². The van der Waals surface area contributed by atoms with E-state index in [4.69, 9.17) is 0 Å². The molecule has 3 heteroatoms. The Labute approximate surface area is 109 Å². The molecule has 1 atom stereocenters. The third-order valence-electron chi connectivity index (χ3n) is 4.90. The normalized spacial score (nSPS) is 30.3. The number of carbonyl (C=O) groups is 2. The molecule has 2 fully saturated rings. The van der Waals surface area contributed by atoms with Crippen LogP contribution in [-0.4, -0.2) is 16.9 Å². The molecule has 2 rings (SSSR count). The topological polar surface area (TPSA) is 54.4 Å². The number of carboxylic acid groups (broad SMARTS) is 1. The second-order valence-corrected chi connectivity index (χ2v) is 6.06. The van der Waals surface area contributed by atoms with Gasteiger partial charge >= 0.3 is 5.97 Å². The second-order valence-electron chi connectivity index (χ2n) is 6.06. The molecule has 3 nitrogen and oxygen atoms in total. The molecule has 0 heterocycles. The highest BCUT2D eigenvalue weighted by Crippen LogP contribution is 2.40. The van der Waals surface area contributed by atoms with E-state index < -0.39 is 11.4 Å². The van der Waals surface area contributed by atoms with Crippen molar-refractivity contribution < 1.29 is 14.7 Å². The van der Waals surface area contributed by atoms with Crippen LogP contribution in [0.4, 0.5) is 0 Å². The summed E-state index contributed by atoms with van der Waals surface area (Å²) in [7, 11) is 0. The average molecular weight is 252 g/mol. The molecule has 18 heavy (non-hydrogen) atoms. The smallest absolute Gasteiger partial charge is 0.317 e. The molecule has 0 aromatic heterocycles. The SMILES string of the molecule is O=C(O)C1(CCC2CCCCC2)CCCCC1=O. The molecule has 1 unspecified atom stereocenters. The quantitative estimate of drug-likeness (QED) is 0.778. The van der Waals surface area contributed by atoms with Crippen LogP contribution >= 0.6 is 0 Å². The third-order valence-corrected chi connectivity index (χ3v) is 4.90. The summed E-state index contributed by atoms with van der Waals surface area (Å²) in [6.07, 6.45) is 10.6. The van der Waals surface area contributed by atoms with Crippen LogP contribution in [0.2, 0.25) is 0 Å². The van der Waals surface area contributed by atoms with Crippen molar-refractivity contribution in [1.82, 2.24) is 0 Å². The number of aliphatic carboxylic acids is 1. The lowest BCUT2D eigenvalue weighted by molar-refractivity contribution is -0.158. The Bertz CT molecular complexity index is 318. The number of carbonyl (C=O) groups excluding carboxylic acids is 1. The van der Waals surface area contributed by atoms with E-state index in [-0.39, 0.29) is 5.78 Å². The predicted molar refractivity (Wildman–Crippen MR) is 69.4 cm³/mol. The molecule has 0 amide bonds. The summed E-state index contributed by atoms with van der Waals surface area (Å²) in [6, 6.07) is 0. The van der Waals surface area contributed by atoms with E-state index in [0.717, 1.165) is 19.3 Å². The average Bonchev–Trinajstić information content (AvgIpc) is 2.39. The third kappa shape index (κ3) is 2.76. The van der Waals surface area contributed by atoms with Gasteiger partial charge in [0.1, 0.15) is 11.2 Å². The lowest BCUT2D eigenvalue weighted by atomic mass is 9.68. The number of hydrogen-bond donors (Lipinski definition) is 1. The highest BCUT2D eigenvalue weighted by atomic mass is 16.4. The van der Waals surface area contributed by atoms with Gasteiger partial charge < -0.3 is 5.11 Å². The molecule has 2 saturated carbocycles. The maximum atomic E-state index is 12.0. The van der Waals surface area contributed by atoms with Crippen LogP contribution in [-0.2, 0) is 9.59 Å². The molecule has 1 N–H and O–H groups in total. The van der Waals surface area contributed by atoms with Crippen molar-refractivity contribution in [1.29, 1.82) is 0 Å². The lowest BCUT2D eigenvalue weighted by Gasteiger charge is -2.33. The molecule has 2 aliphatic rings. The van der Waals surface area contributed by atoms with E-state index in [1.54, 1.807) is 0 Å². The summed E-state index contributed by atoms with van der Waals surface area (Å²) in [4.78, 5) is 23.6. The van der Waals surface area contributed by atoms with Crippen molar-refractivity contribution >= 4 is 11.8 Å². The maximum Gasteiger partial charge on any atom is 0.317 e. The highest BCUT2D eigenvalue weighted by Gasteiger charge is 2.46. The minimum atomic E-state index is -1.03. The molecule has 0 bridgehead atoms. The monoisotopic (exact) mass is 252 g/mol. The number of ketones is 1. The van der Waals surface area contributed by atoms with Crippen LogP contribution in [0.3, 0.4) is 0 Å². The van der Waals surface area contributed by atoms with Crippen molar-refractivity contribution in [2.75, 3.05) is 0 Å². The summed E-state index contributed by atoms with van der Waals surface area (Å²) in [5.41, 5.74) is -1.03. The molecule has 0 saturated heterocycles. The van der Waals surface area contributed by atoms with Gasteiger partial charge in [-0.25, -0.2) is 0 Å². The Morgan fingerprint density at radius 3 is 2.50 bits per heavy atom. The van der Waals surface area contributed by atoms with Crippen LogP contribution in [0.15, 0.2) is 0 Å². The molecule has 0 aromatic rings. The van der Waals surface area contributed by atoms with E-state index in [1.807, 2.05) is 0 Å². The van der Waals surface area contributed by atoms with Crippen LogP contribution in [0.1, 0.15) is 70.6 Å². The molecular formula is C15H24O3. The number of hydrogen-bond acceptors (Lipinski definition) is 2. The van der Waals surface area contributed by atoms with Gasteiger partial charge in [-0.05, 0) is 31.6 Å². The summed E-state index contributed by atoms with van der Waals surface area (Å²) in [5.74, 6) is -0.232. The van der Waals surface area contributed by atoms with Crippen LogP contribution in [0.25, 0.3) is 0 Å². The second kappa shape index (κ2) is 5.85. The molecule has 0 aromatic carbocycles. The first-order chi connectivity index (χ1) is 8.65. The first kappa shape index (κ1) is 13.6. The van der Waals surface area contributed by atoms with Crippen LogP contribution < -0.4 is 0 Å². The fourth-order valence-electron chi connectivity index (χ4n) is 3.61. The predicted octanol–water partition coefficient (Wildman–Crippen LogP) is 3.56. The van der Waals surface area contributed by atoms with E-state index in [9.17, 15) is 14.7 Å². The number of rotatable bonds is 4. The Morgan fingerprint density at radius 1 is 1.17 bits per heavy atom. The fraction of sp³-hybridized carbons (Fsp3) is 0.867. The Morgan fingerprint density at radius 2 is 1.89 bits per heavy atom. The molecule has 102 valence electrons. The summed E-state index contributed by atoms with van der Waals surface area (Å²) in [6.45, 7) is 0. The van der Waals surface area contributed by atoms with Crippen molar-refractivity contribution in [3.8, 4) is 0 Å². The van der Waals surface area contributed by atoms with E-state index in [0.29, 0.717) is 25.2 Å². The Hall–Kier alpha value is -0.860. The molecule has 2 aliphatic carbocycles. The van der Waals surface area contributed by atoms with Gasteiger partial charge in [0.15, 0.2) is 0 Å². The van der Waals surface area contributed by atoms with Crippen molar-refractivity contribution in [2.24, 2.45) is 11.3 Å². The standard InChI is InChI=1S/C15H24O3/c16-13-8-4-5-10-15(13,14(17)18)11-9-12-6-2-1-3-7-12/h12H,1-11H2,(H,17,18). The van der Waals surface area contributed by atoms with Gasteiger partial charge in [0, 0.05) is 6.42 Å². The van der Waals surface area contributed by atoms with Gasteiger partial charge in [-0.1, -0.05) is 38.5 Å². The lowest BCUT2D eigenvalue weighted by Crippen LogP contribution is -2.42. The molecule has 0 radical (unpaired) electrons. The zero-order valence-corrected chi connectivity index (χ0v) is 11.1. The molecular weight excluding hydrogens is 228 g/mol. The summed E-state index contributed by atoms with van der Waals surface area (Å²) in [5, 5.41) is 9.47. The van der Waals surface area contributed by atoms with E-state index in [1.165, 1.54) is 32.1 Å². The van der Waals surface area contributed by atoms with Crippen LogP contribution in [0.5, 0.6) is 0 Å². The van der Waals surface area contributed by atoms with Gasteiger partial charge in [0.2, 0.25) is 0 Å². The van der Waals surface area contributed by atoms with Crippen molar-refractivity contribution in [3.63, 3.8) is 0 Å². The summed E-state index contributed by atoms with van der Waals surface area (Å²) >= 11 is 0.